The van der Waals surface area contributed by atoms with Crippen molar-refractivity contribution < 1.29 is 0 Å². The number of para-hydroxylation sites is 1. The largest absolute Gasteiger partial charge is 0.334 e. The molecule has 8 atom stereocenters. The Bertz CT molecular complexity index is 3310. The highest BCUT2D eigenvalue weighted by atomic mass is 15.3. The normalized spacial score (nSPS) is 35.3. The summed E-state index contributed by atoms with van der Waals surface area (Å²) < 4.78 is 0. The molecule has 4 heterocycles. The van der Waals surface area contributed by atoms with Gasteiger partial charge < -0.3 is 14.7 Å². The van der Waals surface area contributed by atoms with Crippen LogP contribution in [0, 0.1) is 35.5 Å². The van der Waals surface area contributed by atoms with E-state index in [4.69, 9.17) is 0 Å². The predicted octanol–water partition coefficient (Wildman–Crippen LogP) is 14.1. The summed E-state index contributed by atoms with van der Waals surface area (Å²) in [6, 6.07) is 49.6. The van der Waals surface area contributed by atoms with Gasteiger partial charge in [0.1, 0.15) is 0 Å². The molecule has 0 radical (unpaired) electrons. The van der Waals surface area contributed by atoms with E-state index in [-0.39, 0.29) is 28.5 Å². The molecule has 0 aromatic heterocycles. The molecule has 0 amide bonds. The fourth-order valence-electron chi connectivity index (χ4n) is 19.6. The second-order valence-electron chi connectivity index (χ2n) is 25.9. The van der Waals surface area contributed by atoms with Crippen LogP contribution < -0.4 is 31.1 Å². The number of hydrogen-bond acceptors (Lipinski definition) is 3. The zero-order chi connectivity index (χ0) is 45.7. The van der Waals surface area contributed by atoms with Crippen LogP contribution in [0.5, 0.6) is 0 Å². The van der Waals surface area contributed by atoms with E-state index in [0.717, 1.165) is 35.5 Å². The fraction of sp³-hybridized carbons (Fsp3) is 0.415. The van der Waals surface area contributed by atoms with Gasteiger partial charge in [0.2, 0.25) is 0 Å². The Labute approximate surface area is 410 Å². The standard InChI is InChI=1S/C65H64BN3/c1-61(2)50-13-10-16-53-58(50)66-59-51(61)14-11-17-54(59)68(47-24-20-44(21-25-47)65-36-39-30-45(65)31-40(39)37-65)56-33-48(69-52-15-7-6-12-49(52)63(4)26-8-9-27-64(63,69)5)32-55(60(56)66)67(53)46-22-18-43(19-23-46)62(3)34-41-28-38-29-42(35-62)57(38)41/h6-7,10-25,32-34,38-40,42,45,57H,8-9,26-31,35-37H2,1-5H3. The molecular formula is C65H64BN3. The predicted molar refractivity (Wildman–Crippen MR) is 286 cm³/mol. The van der Waals surface area contributed by atoms with Crippen molar-refractivity contribution in [2.24, 2.45) is 35.5 Å². The van der Waals surface area contributed by atoms with Crippen molar-refractivity contribution >= 4 is 68.6 Å². The quantitative estimate of drug-likeness (QED) is 0.126. The topological polar surface area (TPSA) is 9.72 Å². The van der Waals surface area contributed by atoms with Crippen LogP contribution in [0.1, 0.15) is 133 Å². The molecule has 7 fully saturated rings. The molecule has 12 aliphatic rings. The highest BCUT2D eigenvalue weighted by Gasteiger charge is 2.64. The third-order valence-electron chi connectivity index (χ3n) is 22.8. The van der Waals surface area contributed by atoms with E-state index in [2.05, 4.69) is 177 Å². The smallest absolute Gasteiger partial charge is 0.252 e. The van der Waals surface area contributed by atoms with Crippen molar-refractivity contribution in [3.8, 4) is 0 Å². The van der Waals surface area contributed by atoms with Gasteiger partial charge in [-0.1, -0.05) is 119 Å². The fourth-order valence-corrected chi connectivity index (χ4v) is 19.6. The van der Waals surface area contributed by atoms with E-state index < -0.39 is 0 Å². The van der Waals surface area contributed by atoms with E-state index in [0.29, 0.717) is 5.41 Å². The van der Waals surface area contributed by atoms with E-state index in [1.807, 2.05) is 0 Å². The number of anilines is 8. The Balaban J connectivity index is 0.915. The van der Waals surface area contributed by atoms with Gasteiger partial charge >= 0.3 is 0 Å². The number of allylic oxidation sites excluding steroid dienone is 2. The molecule has 8 aliphatic carbocycles. The summed E-state index contributed by atoms with van der Waals surface area (Å²) in [5, 5.41) is 0. The SMILES string of the molecule is CC1(c2ccc(N3c4cc(N5c6ccccc6C6(C)CCCCC56C)cc5c4B4c6c3cccc6C(C)(C)c3cccc(c34)N5c3ccc(C45CC6CC4CC6C5)cc3)cc2)C=C2CC3CC(C1)C23. The summed E-state index contributed by atoms with van der Waals surface area (Å²) in [4.78, 5) is 8.27. The van der Waals surface area contributed by atoms with Crippen LogP contribution in [0.2, 0.25) is 0 Å². The Kier molecular flexibility index (Phi) is 7.12. The molecule has 0 N–H and O–H groups in total. The number of hydrogen-bond donors (Lipinski definition) is 0. The first-order valence-corrected chi connectivity index (χ1v) is 27.3. The van der Waals surface area contributed by atoms with Gasteiger partial charge in [-0.3, -0.25) is 0 Å². The molecule has 4 heteroatoms. The van der Waals surface area contributed by atoms with Gasteiger partial charge in [0, 0.05) is 61.7 Å². The second-order valence-corrected chi connectivity index (χ2v) is 25.9. The van der Waals surface area contributed by atoms with Crippen LogP contribution in [0.15, 0.2) is 133 Å². The molecule has 0 spiro atoms. The van der Waals surface area contributed by atoms with E-state index >= 15 is 0 Å². The molecule has 4 bridgehead atoms. The van der Waals surface area contributed by atoms with Crippen LogP contribution >= 0.6 is 0 Å². The van der Waals surface area contributed by atoms with Gasteiger partial charge in [0.15, 0.2) is 0 Å². The third kappa shape index (κ3) is 4.50. The van der Waals surface area contributed by atoms with Crippen LogP contribution in [-0.4, -0.2) is 12.3 Å². The van der Waals surface area contributed by atoms with E-state index in [1.165, 1.54) is 155 Å². The minimum Gasteiger partial charge on any atom is -0.334 e. The van der Waals surface area contributed by atoms with Crippen LogP contribution in [0.3, 0.4) is 0 Å². The molecular weight excluding hydrogens is 834 g/mol. The molecule has 8 unspecified atom stereocenters. The summed E-state index contributed by atoms with van der Waals surface area (Å²) in [7, 11) is 0. The Hall–Kier alpha value is -5.48. The van der Waals surface area contributed by atoms with Crippen LogP contribution in [0.25, 0.3) is 0 Å². The van der Waals surface area contributed by atoms with Crippen molar-refractivity contribution in [3.63, 3.8) is 0 Å². The van der Waals surface area contributed by atoms with Crippen molar-refractivity contribution in [1.29, 1.82) is 0 Å². The van der Waals surface area contributed by atoms with Gasteiger partial charge in [-0.05, 0) is 204 Å². The van der Waals surface area contributed by atoms with Gasteiger partial charge in [-0.2, -0.15) is 0 Å². The molecule has 18 rings (SSSR count). The lowest BCUT2D eigenvalue weighted by atomic mass is 9.28. The monoisotopic (exact) mass is 898 g/mol. The minimum absolute atomic E-state index is 0.0574. The zero-order valence-electron chi connectivity index (χ0n) is 41.3. The first-order valence-electron chi connectivity index (χ1n) is 27.3. The van der Waals surface area contributed by atoms with Gasteiger partial charge in [0.25, 0.3) is 6.71 Å². The lowest BCUT2D eigenvalue weighted by molar-refractivity contribution is 0.00736. The maximum atomic E-state index is 2.83. The summed E-state index contributed by atoms with van der Waals surface area (Å²) >= 11 is 0. The van der Waals surface area contributed by atoms with Gasteiger partial charge in [-0.15, -0.1) is 0 Å². The minimum atomic E-state index is -0.170. The molecule has 7 saturated carbocycles. The first-order chi connectivity index (χ1) is 33.5. The van der Waals surface area contributed by atoms with E-state index in [1.54, 1.807) is 11.1 Å². The van der Waals surface area contributed by atoms with E-state index in [9.17, 15) is 0 Å². The number of rotatable bonds is 5. The van der Waals surface area contributed by atoms with Crippen molar-refractivity contribution in [1.82, 2.24) is 0 Å². The Morgan fingerprint density at radius 3 is 1.71 bits per heavy atom. The Morgan fingerprint density at radius 1 is 0.507 bits per heavy atom. The van der Waals surface area contributed by atoms with Crippen molar-refractivity contribution in [2.75, 3.05) is 14.7 Å². The summed E-state index contributed by atoms with van der Waals surface area (Å²) in [5.41, 5.74) is 24.7. The third-order valence-corrected chi connectivity index (χ3v) is 22.8. The van der Waals surface area contributed by atoms with Crippen LogP contribution in [-0.2, 0) is 21.7 Å². The number of benzene rings is 6. The maximum Gasteiger partial charge on any atom is 0.252 e. The first kappa shape index (κ1) is 39.3. The second kappa shape index (κ2) is 12.5. The van der Waals surface area contributed by atoms with Crippen molar-refractivity contribution in [3.05, 3.63) is 161 Å². The molecule has 6 aromatic carbocycles. The molecule has 342 valence electrons. The summed E-state index contributed by atoms with van der Waals surface area (Å²) in [6.07, 6.45) is 17.5. The summed E-state index contributed by atoms with van der Waals surface area (Å²) in [6.45, 7) is 12.8. The number of nitrogens with zero attached hydrogens (tertiary/aromatic N) is 3. The molecule has 69 heavy (non-hydrogen) atoms. The summed E-state index contributed by atoms with van der Waals surface area (Å²) in [5.74, 6) is 5.57. The highest BCUT2D eigenvalue weighted by Crippen LogP contribution is 2.71. The highest BCUT2D eigenvalue weighted by molar-refractivity contribution is 7.01. The zero-order valence-corrected chi connectivity index (χ0v) is 41.3. The van der Waals surface area contributed by atoms with Gasteiger partial charge in [0.05, 0.1) is 5.54 Å². The molecule has 4 aliphatic heterocycles. The maximum absolute atomic E-state index is 2.83. The lowest BCUT2D eigenvalue weighted by Gasteiger charge is -2.60. The average molecular weight is 898 g/mol. The molecule has 6 aromatic rings. The Morgan fingerprint density at radius 2 is 1.10 bits per heavy atom. The molecule has 3 nitrogen and oxygen atoms in total. The van der Waals surface area contributed by atoms with Crippen molar-refractivity contribution in [2.45, 2.75) is 132 Å². The molecule has 0 saturated heterocycles. The van der Waals surface area contributed by atoms with Gasteiger partial charge in [-0.25, -0.2) is 0 Å². The van der Waals surface area contributed by atoms with Crippen LogP contribution in [0.4, 0.5) is 45.5 Å². The lowest BCUT2D eigenvalue weighted by Crippen LogP contribution is -2.67. The average Bonchev–Trinajstić information content (AvgIpc) is 4.14. The number of fused-ring (bicyclic) bond motifs is 3.